The third kappa shape index (κ3) is 5.23. The summed E-state index contributed by atoms with van der Waals surface area (Å²) in [5, 5.41) is 24.1. The van der Waals surface area contributed by atoms with Crippen molar-refractivity contribution in [1.82, 2.24) is 15.0 Å². The van der Waals surface area contributed by atoms with Crippen LogP contribution in [-0.4, -0.2) is 31.1 Å². The second-order valence-electron chi connectivity index (χ2n) is 8.88. The van der Waals surface area contributed by atoms with Crippen molar-refractivity contribution >= 4 is 28.9 Å². The van der Waals surface area contributed by atoms with Crippen molar-refractivity contribution < 1.29 is 23.8 Å². The lowest BCUT2D eigenvalue weighted by molar-refractivity contribution is -0.144. The molecule has 10 heteroatoms. The van der Waals surface area contributed by atoms with Crippen LogP contribution in [0.3, 0.4) is 0 Å². The Labute approximate surface area is 199 Å². The number of carboxylic acid groups (broad SMARTS) is 1. The minimum Gasteiger partial charge on any atom is -0.481 e. The molecule has 3 N–H and O–H groups in total. The van der Waals surface area contributed by atoms with Crippen LogP contribution < -0.4 is 5.32 Å². The highest BCUT2D eigenvalue weighted by Gasteiger charge is 2.40. The first-order valence-corrected chi connectivity index (χ1v) is 11.9. The van der Waals surface area contributed by atoms with Crippen molar-refractivity contribution in [3.8, 4) is 10.4 Å². The summed E-state index contributed by atoms with van der Waals surface area (Å²) in [7, 11) is 0. The molecule has 1 aliphatic rings. The van der Waals surface area contributed by atoms with Crippen LogP contribution in [0.1, 0.15) is 55.3 Å². The van der Waals surface area contributed by atoms with E-state index in [-0.39, 0.29) is 23.5 Å². The Morgan fingerprint density at radius 1 is 1.21 bits per heavy atom. The van der Waals surface area contributed by atoms with Crippen molar-refractivity contribution in [3.05, 3.63) is 52.9 Å². The fourth-order valence-corrected chi connectivity index (χ4v) is 5.43. The number of hydrogen-bond acceptors (Lipinski definition) is 7. The lowest BCUT2D eigenvalue weighted by atomic mass is 9.74. The van der Waals surface area contributed by atoms with Crippen LogP contribution in [0.25, 0.3) is 10.4 Å². The van der Waals surface area contributed by atoms with E-state index in [1.165, 1.54) is 23.6 Å². The minimum atomic E-state index is -2.68. The second-order valence-corrected chi connectivity index (χ2v) is 9.91. The van der Waals surface area contributed by atoms with Gasteiger partial charge < -0.3 is 15.5 Å². The smallest absolute Gasteiger partial charge is 0.306 e. The Hall–Kier alpha value is -2.98. The minimum absolute atomic E-state index is 0.0592. The molecule has 2 aromatic heterocycles. The number of aliphatic carboxylic acids is 1. The monoisotopic (exact) mass is 488 g/mol. The fraction of sp³-hybridized carbons (Fsp3) is 0.417. The lowest BCUT2D eigenvalue weighted by Gasteiger charge is -2.35. The molecule has 1 atom stereocenters. The molecule has 7 nitrogen and oxygen atoms in total. The van der Waals surface area contributed by atoms with E-state index in [0.29, 0.717) is 36.4 Å². The average molecular weight is 489 g/mol. The molecule has 0 amide bonds. The molecule has 1 aromatic carbocycles. The number of hydrogen-bond donors (Lipinski definition) is 3. The summed E-state index contributed by atoms with van der Waals surface area (Å²) in [4.78, 5) is 24.5. The molecular formula is C24H26F2N4O3S. The third-order valence-corrected chi connectivity index (χ3v) is 7.60. The van der Waals surface area contributed by atoms with E-state index in [2.05, 4.69) is 20.3 Å². The van der Waals surface area contributed by atoms with Gasteiger partial charge >= 0.3 is 5.97 Å². The zero-order valence-corrected chi connectivity index (χ0v) is 19.6. The molecule has 1 aliphatic carbocycles. The van der Waals surface area contributed by atoms with Gasteiger partial charge in [-0.25, -0.2) is 23.7 Å². The lowest BCUT2D eigenvalue weighted by Crippen LogP contribution is -2.35. The molecule has 4 rings (SSSR count). The van der Waals surface area contributed by atoms with Crippen LogP contribution in [0.5, 0.6) is 0 Å². The SMILES string of the molecule is Cc1cc(Nc2nccc(C(F)F)n2)cc(-c2cnc(C(C)(O)[C@H]3CC[C@H](C(=O)O)CC3)s2)c1. The van der Waals surface area contributed by atoms with Crippen LogP contribution in [0, 0.1) is 18.8 Å². The van der Waals surface area contributed by atoms with Gasteiger partial charge in [0, 0.05) is 18.1 Å². The first-order valence-electron chi connectivity index (χ1n) is 11.0. The number of alkyl halides is 2. The van der Waals surface area contributed by atoms with Crippen molar-refractivity contribution in [2.45, 2.75) is 51.6 Å². The van der Waals surface area contributed by atoms with Crippen molar-refractivity contribution in [1.29, 1.82) is 0 Å². The standard InChI is InChI=1S/C24H26F2N4O3S/c1-13-9-15(11-17(10-13)29-23-27-8-7-18(30-23)20(25)26)19-12-28-22(34-19)24(2,33)16-5-3-14(4-6-16)21(31)32/h7-12,14,16,20,33H,3-6H2,1-2H3,(H,31,32)(H,27,29,30)/t14-,16-,24?. The quantitative estimate of drug-likeness (QED) is 0.392. The van der Waals surface area contributed by atoms with E-state index in [4.69, 9.17) is 0 Å². The Morgan fingerprint density at radius 3 is 2.62 bits per heavy atom. The summed E-state index contributed by atoms with van der Waals surface area (Å²) < 4.78 is 25.9. The maximum absolute atomic E-state index is 13.0. The molecule has 180 valence electrons. The van der Waals surface area contributed by atoms with E-state index in [9.17, 15) is 23.8 Å². The number of anilines is 2. The Kier molecular flexibility index (Phi) is 6.90. The first-order chi connectivity index (χ1) is 16.1. The zero-order chi connectivity index (χ0) is 24.5. The normalized spacial score (nSPS) is 20.2. The number of thiazole rings is 1. The van der Waals surface area contributed by atoms with Gasteiger partial charge in [0.25, 0.3) is 6.43 Å². The van der Waals surface area contributed by atoms with Gasteiger partial charge in [-0.2, -0.15) is 0 Å². The topological polar surface area (TPSA) is 108 Å². The maximum Gasteiger partial charge on any atom is 0.306 e. The Morgan fingerprint density at radius 2 is 1.94 bits per heavy atom. The van der Waals surface area contributed by atoms with Gasteiger partial charge in [0.2, 0.25) is 5.95 Å². The van der Waals surface area contributed by atoms with E-state index < -0.39 is 18.0 Å². The van der Waals surface area contributed by atoms with Crippen LogP contribution in [-0.2, 0) is 10.4 Å². The predicted octanol–water partition coefficient (Wildman–Crippen LogP) is 5.69. The molecular weight excluding hydrogens is 462 g/mol. The summed E-state index contributed by atoms with van der Waals surface area (Å²) in [6, 6.07) is 6.87. The molecule has 0 bridgehead atoms. The second kappa shape index (κ2) is 9.71. The van der Waals surface area contributed by atoms with Crippen LogP contribution in [0.15, 0.2) is 36.7 Å². The maximum atomic E-state index is 13.0. The number of aryl methyl sites for hydroxylation is 1. The van der Waals surface area contributed by atoms with Crippen molar-refractivity contribution in [2.24, 2.45) is 11.8 Å². The number of aromatic nitrogens is 3. The van der Waals surface area contributed by atoms with Gasteiger partial charge in [0.05, 0.1) is 10.8 Å². The predicted molar refractivity (Wildman–Crippen MR) is 125 cm³/mol. The van der Waals surface area contributed by atoms with Gasteiger partial charge in [-0.05, 0) is 74.8 Å². The van der Waals surface area contributed by atoms with Crippen LogP contribution in [0.4, 0.5) is 20.4 Å². The van der Waals surface area contributed by atoms with Gasteiger partial charge in [-0.3, -0.25) is 4.79 Å². The Bertz CT molecular complexity index is 1180. The highest BCUT2D eigenvalue weighted by Crippen LogP contribution is 2.43. The number of rotatable bonds is 7. The molecule has 1 fully saturated rings. The highest BCUT2D eigenvalue weighted by molar-refractivity contribution is 7.15. The molecule has 3 aromatic rings. The van der Waals surface area contributed by atoms with Crippen molar-refractivity contribution in [2.75, 3.05) is 5.32 Å². The zero-order valence-electron chi connectivity index (χ0n) is 18.8. The van der Waals surface area contributed by atoms with E-state index in [1.54, 1.807) is 13.1 Å². The van der Waals surface area contributed by atoms with Gasteiger partial charge in [0.1, 0.15) is 16.3 Å². The number of nitrogens with one attached hydrogen (secondary N) is 1. The fourth-order valence-electron chi connectivity index (χ4n) is 4.40. The number of aliphatic hydroxyl groups is 1. The Balaban J connectivity index is 1.54. The highest BCUT2D eigenvalue weighted by atomic mass is 32.1. The number of carboxylic acids is 1. The summed E-state index contributed by atoms with van der Waals surface area (Å²) in [5.74, 6) is -1.09. The van der Waals surface area contributed by atoms with Gasteiger partial charge in [-0.1, -0.05) is 6.07 Å². The first kappa shape index (κ1) is 24.2. The largest absolute Gasteiger partial charge is 0.481 e. The van der Waals surface area contributed by atoms with Crippen LogP contribution >= 0.6 is 11.3 Å². The number of carbonyl (C=O) groups is 1. The molecule has 0 saturated heterocycles. The molecule has 0 spiro atoms. The van der Waals surface area contributed by atoms with E-state index in [1.807, 2.05) is 25.1 Å². The summed E-state index contributed by atoms with van der Waals surface area (Å²) >= 11 is 1.39. The van der Waals surface area contributed by atoms with Crippen molar-refractivity contribution in [3.63, 3.8) is 0 Å². The van der Waals surface area contributed by atoms with E-state index in [0.717, 1.165) is 16.0 Å². The van der Waals surface area contributed by atoms with Gasteiger partial charge in [-0.15, -0.1) is 11.3 Å². The number of nitrogens with zero attached hydrogens (tertiary/aromatic N) is 3. The molecule has 1 saturated carbocycles. The van der Waals surface area contributed by atoms with Crippen LogP contribution in [0.2, 0.25) is 0 Å². The summed E-state index contributed by atoms with van der Waals surface area (Å²) in [6.07, 6.45) is 2.69. The molecule has 0 aliphatic heterocycles. The molecule has 1 unspecified atom stereocenters. The molecule has 2 heterocycles. The molecule has 34 heavy (non-hydrogen) atoms. The summed E-state index contributed by atoms with van der Waals surface area (Å²) in [5.41, 5.74) is 0.952. The molecule has 0 radical (unpaired) electrons. The third-order valence-electron chi connectivity index (χ3n) is 6.33. The number of halogens is 2. The number of benzene rings is 1. The summed E-state index contributed by atoms with van der Waals surface area (Å²) in [6.45, 7) is 3.67. The average Bonchev–Trinajstić information content (AvgIpc) is 3.30. The van der Waals surface area contributed by atoms with Gasteiger partial charge in [0.15, 0.2) is 0 Å². The van der Waals surface area contributed by atoms with E-state index >= 15 is 0 Å².